The number of unbranched alkanes of at least 4 members (excludes halogenated alkanes) is 3. The number of anilines is 1. The Hall–Kier alpha value is -4.93. The van der Waals surface area contributed by atoms with Crippen LogP contribution in [0, 0.1) is 0 Å². The Bertz CT molecular complexity index is 2180. The van der Waals surface area contributed by atoms with Crippen molar-refractivity contribution in [3.05, 3.63) is 137 Å². The molecular weight excluding hydrogens is 784 g/mol. The lowest BCUT2D eigenvalue weighted by Gasteiger charge is -2.31. The highest BCUT2D eigenvalue weighted by atomic mass is 16.5. The van der Waals surface area contributed by atoms with E-state index < -0.39 is 14.2 Å². The summed E-state index contributed by atoms with van der Waals surface area (Å²) >= 11 is 0. The van der Waals surface area contributed by atoms with Crippen LogP contribution < -0.4 is 22.0 Å². The number of benzene rings is 5. The number of nitrogens with zero attached hydrogens (tertiary/aromatic N) is 3. The summed E-state index contributed by atoms with van der Waals surface area (Å²) in [6.45, 7) is 6.69. The highest BCUT2D eigenvalue weighted by Gasteiger charge is 2.33. The van der Waals surface area contributed by atoms with Crippen LogP contribution in [-0.4, -0.2) is 127 Å². The first kappa shape index (κ1) is 46.6. The van der Waals surface area contributed by atoms with Crippen LogP contribution >= 0.6 is 0 Å². The van der Waals surface area contributed by atoms with E-state index in [1.54, 1.807) is 30.3 Å². The average molecular weight is 844 g/mol. The minimum atomic E-state index is -1.63. The fourth-order valence-electron chi connectivity index (χ4n) is 8.10. The zero-order valence-electron chi connectivity index (χ0n) is 35.4. The fraction of sp³-hybridized carbons (Fsp3) is 0.362. The summed E-state index contributed by atoms with van der Waals surface area (Å²) in [4.78, 5) is 33.9. The second-order valence-corrected chi connectivity index (χ2v) is 15.6. The van der Waals surface area contributed by atoms with Gasteiger partial charge in [0.2, 0.25) is 0 Å². The van der Waals surface area contributed by atoms with E-state index in [1.807, 2.05) is 66.7 Å². The summed E-state index contributed by atoms with van der Waals surface area (Å²) in [6, 6.07) is 34.1. The van der Waals surface area contributed by atoms with Gasteiger partial charge in [0.25, 0.3) is 11.8 Å². The molecule has 0 unspecified atom stereocenters. The monoisotopic (exact) mass is 843 g/mol. The third-order valence-electron chi connectivity index (χ3n) is 11.2. The number of rotatable bonds is 27. The van der Waals surface area contributed by atoms with Gasteiger partial charge < -0.3 is 40.6 Å². The Morgan fingerprint density at radius 3 is 1.81 bits per heavy atom. The van der Waals surface area contributed by atoms with Crippen LogP contribution in [0.2, 0.25) is 0 Å². The lowest BCUT2D eigenvalue weighted by atomic mass is 9.77. The van der Waals surface area contributed by atoms with Gasteiger partial charge in [-0.2, -0.15) is 0 Å². The molecule has 0 saturated carbocycles. The molecule has 1 aliphatic rings. The number of imide groups is 1. The molecule has 0 radical (unpaired) electrons. The van der Waals surface area contributed by atoms with Crippen LogP contribution in [0.3, 0.4) is 0 Å². The van der Waals surface area contributed by atoms with E-state index in [0.717, 1.165) is 61.0 Å². The normalized spacial score (nSPS) is 12.5. The van der Waals surface area contributed by atoms with Crippen LogP contribution in [0.4, 0.5) is 5.69 Å². The number of ether oxygens (including phenoxy) is 2. The van der Waals surface area contributed by atoms with Crippen molar-refractivity contribution in [2.75, 3.05) is 71.0 Å². The van der Waals surface area contributed by atoms with Crippen molar-refractivity contribution in [3.63, 3.8) is 0 Å². The molecule has 0 atom stereocenters. The van der Waals surface area contributed by atoms with Gasteiger partial charge in [-0.25, -0.2) is 0 Å². The van der Waals surface area contributed by atoms with Crippen molar-refractivity contribution in [1.29, 1.82) is 0 Å². The lowest BCUT2D eigenvalue weighted by molar-refractivity contribution is 0.0548. The van der Waals surface area contributed by atoms with Gasteiger partial charge >= 0.3 is 14.2 Å². The van der Waals surface area contributed by atoms with Crippen LogP contribution in [0.5, 0.6) is 0 Å². The molecule has 5 aromatic carbocycles. The summed E-state index contributed by atoms with van der Waals surface area (Å²) in [5, 5.41) is 45.1. The summed E-state index contributed by atoms with van der Waals surface area (Å²) < 4.78 is 11.0. The first-order valence-corrected chi connectivity index (χ1v) is 21.6. The molecule has 7 N–H and O–H groups in total. The molecule has 5 aromatic rings. The van der Waals surface area contributed by atoms with Gasteiger partial charge in [-0.05, 0) is 71.7 Å². The Balaban J connectivity index is 1.07. The molecule has 1 heterocycles. The second kappa shape index (κ2) is 24.1. The number of hydrogen-bond acceptors (Lipinski definition) is 12. The maximum absolute atomic E-state index is 14.0. The molecule has 62 heavy (non-hydrogen) atoms. The van der Waals surface area contributed by atoms with Crippen molar-refractivity contribution < 1.29 is 39.2 Å². The highest BCUT2D eigenvalue weighted by Crippen LogP contribution is 2.34. The molecule has 0 spiro atoms. The van der Waals surface area contributed by atoms with Gasteiger partial charge in [0.15, 0.2) is 0 Å². The number of carbonyl (C=O) groups excluding carboxylic acids is 2. The number of hydrogen-bond donors (Lipinski definition) is 6. The van der Waals surface area contributed by atoms with Gasteiger partial charge in [-0.15, -0.1) is 0 Å². The number of carbonyl (C=O) groups is 2. The summed E-state index contributed by atoms with van der Waals surface area (Å²) in [5.41, 5.74) is 11.0. The van der Waals surface area contributed by atoms with E-state index in [9.17, 15) is 29.7 Å². The Kier molecular flexibility index (Phi) is 18.1. The van der Waals surface area contributed by atoms with Crippen molar-refractivity contribution >= 4 is 53.4 Å². The molecule has 13 nitrogen and oxygen atoms in total. The third-order valence-corrected chi connectivity index (χ3v) is 11.2. The fourth-order valence-corrected chi connectivity index (χ4v) is 8.10. The van der Waals surface area contributed by atoms with Crippen molar-refractivity contribution in [2.45, 2.75) is 45.3 Å². The topological polar surface area (TPSA) is 181 Å². The largest absolute Gasteiger partial charge is 0.488 e. The summed E-state index contributed by atoms with van der Waals surface area (Å²) in [5.74, 6) is -0.679. The predicted octanol–water partition coefficient (Wildman–Crippen LogP) is 2.96. The molecule has 2 amide bonds. The Morgan fingerprint density at radius 1 is 0.581 bits per heavy atom. The summed E-state index contributed by atoms with van der Waals surface area (Å²) in [6.07, 6.45) is 3.70. The third kappa shape index (κ3) is 12.8. The highest BCUT2D eigenvalue weighted by molar-refractivity contribution is 6.59. The standard InChI is InChI=1S/C47H59B2N5O8/c50-23-29-61-31-32-62-30-24-51-44-22-21-41-45-39(44)17-12-18-40(45)46(55)54(47(41)56)28-27-52(34-37-15-6-8-19-42(37)48(57)58)25-10-1-2-11-26-53(33-36-13-4-3-5-14-36)35-38-16-7-9-20-43(38)49(59)60/h3-9,12-22,51,57-60H,1-2,10-11,23-35,50H2. The molecule has 6 rings (SSSR count). The van der Waals surface area contributed by atoms with Gasteiger partial charge in [0.1, 0.15) is 0 Å². The minimum Gasteiger partial charge on any atom is -0.423 e. The lowest BCUT2D eigenvalue weighted by Crippen LogP contribution is -2.45. The van der Waals surface area contributed by atoms with Crippen molar-refractivity contribution in [2.24, 2.45) is 5.73 Å². The zero-order valence-corrected chi connectivity index (χ0v) is 35.4. The SMILES string of the molecule is NCCOCCOCCNc1ccc2c3c(cccc13)C(=O)N(CCN(CCCCCCN(Cc1ccccc1)Cc1ccccc1B(O)O)Cc1ccccc1B(O)O)C2=O. The summed E-state index contributed by atoms with van der Waals surface area (Å²) in [7, 11) is -3.17. The van der Waals surface area contributed by atoms with Gasteiger partial charge in [-0.3, -0.25) is 24.3 Å². The maximum atomic E-state index is 14.0. The smallest absolute Gasteiger partial charge is 0.423 e. The van der Waals surface area contributed by atoms with E-state index in [0.29, 0.717) is 93.1 Å². The second-order valence-electron chi connectivity index (χ2n) is 15.6. The molecule has 326 valence electrons. The van der Waals surface area contributed by atoms with Gasteiger partial charge in [0.05, 0.1) is 26.4 Å². The molecule has 0 saturated heterocycles. The number of amides is 2. The average Bonchev–Trinajstić information content (AvgIpc) is 3.28. The molecule has 0 aliphatic carbocycles. The first-order valence-electron chi connectivity index (χ1n) is 21.6. The van der Waals surface area contributed by atoms with Gasteiger partial charge in [-0.1, -0.05) is 104 Å². The van der Waals surface area contributed by atoms with Crippen molar-refractivity contribution in [1.82, 2.24) is 14.7 Å². The van der Waals surface area contributed by atoms with E-state index in [2.05, 4.69) is 27.2 Å². The van der Waals surface area contributed by atoms with Gasteiger partial charge in [0, 0.05) is 73.4 Å². The quantitative estimate of drug-likeness (QED) is 0.0259. The van der Waals surface area contributed by atoms with Crippen LogP contribution in [-0.2, 0) is 29.1 Å². The molecule has 0 bridgehead atoms. The maximum Gasteiger partial charge on any atom is 0.488 e. The Morgan fingerprint density at radius 2 is 1.16 bits per heavy atom. The minimum absolute atomic E-state index is 0.169. The van der Waals surface area contributed by atoms with E-state index in [4.69, 9.17) is 15.2 Å². The molecule has 0 fully saturated rings. The molecule has 1 aliphatic heterocycles. The first-order chi connectivity index (χ1) is 30.2. The molecule has 15 heteroatoms. The van der Waals surface area contributed by atoms with Crippen LogP contribution in [0.1, 0.15) is 63.1 Å². The van der Waals surface area contributed by atoms with E-state index in [-0.39, 0.29) is 18.4 Å². The molecule has 0 aromatic heterocycles. The van der Waals surface area contributed by atoms with Crippen molar-refractivity contribution in [3.8, 4) is 0 Å². The molecular formula is C47H59B2N5O8. The number of nitrogens with one attached hydrogen (secondary N) is 1. The Labute approximate surface area is 365 Å². The predicted molar refractivity (Wildman–Crippen MR) is 245 cm³/mol. The zero-order chi connectivity index (χ0) is 43.7. The number of nitrogens with two attached hydrogens (primary N) is 1. The van der Waals surface area contributed by atoms with Crippen LogP contribution in [0.15, 0.2) is 109 Å². The van der Waals surface area contributed by atoms with Crippen LogP contribution in [0.25, 0.3) is 10.8 Å². The van der Waals surface area contributed by atoms with E-state index >= 15 is 0 Å². The van der Waals surface area contributed by atoms with E-state index in [1.165, 1.54) is 10.5 Å².